The maximum Gasteiger partial charge on any atom is 0.276 e. The zero-order valence-electron chi connectivity index (χ0n) is 10.8. The van der Waals surface area contributed by atoms with Crippen molar-refractivity contribution in [3.8, 4) is 5.75 Å². The van der Waals surface area contributed by atoms with Crippen LogP contribution in [0.1, 0.15) is 10.5 Å². The van der Waals surface area contributed by atoms with E-state index in [0.717, 1.165) is 28.9 Å². The zero-order chi connectivity index (χ0) is 15.6. The molecule has 0 radical (unpaired) electrons. The van der Waals surface area contributed by atoms with Crippen LogP contribution in [0.25, 0.3) is 0 Å². The quantitative estimate of drug-likeness (QED) is 0.485. The average Bonchev–Trinajstić information content (AvgIpc) is 2.43. The molecule has 1 aromatic carbocycles. The number of phenols is 1. The molecule has 9 nitrogen and oxygen atoms in total. The van der Waals surface area contributed by atoms with Crippen molar-refractivity contribution in [2.45, 2.75) is 0 Å². The number of aromatic hydroxyl groups is 1. The van der Waals surface area contributed by atoms with E-state index in [-0.39, 0.29) is 28.4 Å². The Kier molecular flexibility index (Phi) is 3.65. The third-order valence-electron chi connectivity index (χ3n) is 2.63. The summed E-state index contributed by atoms with van der Waals surface area (Å²) in [5, 5.41) is 26.3. The Labute approximate surface area is 117 Å². The molecule has 1 heterocycles. The topological polar surface area (TPSA) is 127 Å². The summed E-state index contributed by atoms with van der Waals surface area (Å²) in [6.45, 7) is 0. The summed E-state index contributed by atoms with van der Waals surface area (Å²) in [5.41, 5.74) is -0.853. The first-order valence-corrected chi connectivity index (χ1v) is 5.71. The van der Waals surface area contributed by atoms with E-state index >= 15 is 0 Å². The lowest BCUT2D eigenvalue weighted by Crippen LogP contribution is -2.23. The minimum Gasteiger partial charge on any atom is -0.506 e. The summed E-state index contributed by atoms with van der Waals surface area (Å²) in [5.74, 6) is -1.03. The molecular formula is C12H10N4O5. The summed E-state index contributed by atoms with van der Waals surface area (Å²) in [6.07, 6.45) is 0. The Hall–Kier alpha value is -3.23. The molecule has 0 aliphatic heterocycles. The Balaban J connectivity index is 2.30. The molecule has 2 aromatic rings. The maximum atomic E-state index is 11.9. The van der Waals surface area contributed by atoms with Crippen LogP contribution in [0.3, 0.4) is 0 Å². The lowest BCUT2D eigenvalue weighted by atomic mass is 10.2. The van der Waals surface area contributed by atoms with Crippen molar-refractivity contribution in [2.24, 2.45) is 7.05 Å². The second-order valence-electron chi connectivity index (χ2n) is 4.09. The van der Waals surface area contributed by atoms with Gasteiger partial charge in [-0.25, -0.2) is 4.68 Å². The highest BCUT2D eigenvalue weighted by atomic mass is 16.6. The van der Waals surface area contributed by atoms with Crippen LogP contribution in [0.4, 0.5) is 11.4 Å². The van der Waals surface area contributed by atoms with Gasteiger partial charge in [-0.05, 0) is 12.1 Å². The standard InChI is InChI=1S/C12H10N4O5/c1-15-11(18)5-3-8(14-15)12(19)13-9-6-7(16(20)21)2-4-10(9)17/h2-6,17H,1H3,(H,13,19). The molecule has 0 saturated heterocycles. The fourth-order valence-electron chi connectivity index (χ4n) is 1.55. The third-order valence-corrected chi connectivity index (χ3v) is 2.63. The summed E-state index contributed by atoms with van der Waals surface area (Å²) >= 11 is 0. The Morgan fingerprint density at radius 2 is 2.10 bits per heavy atom. The highest BCUT2D eigenvalue weighted by Gasteiger charge is 2.15. The molecule has 0 saturated carbocycles. The summed E-state index contributed by atoms with van der Waals surface area (Å²) < 4.78 is 0.974. The number of carbonyl (C=O) groups is 1. The van der Waals surface area contributed by atoms with Gasteiger partial charge < -0.3 is 10.4 Å². The van der Waals surface area contributed by atoms with Crippen molar-refractivity contribution in [3.05, 3.63) is 56.5 Å². The van der Waals surface area contributed by atoms with E-state index in [4.69, 9.17) is 0 Å². The van der Waals surface area contributed by atoms with Gasteiger partial charge in [0.15, 0.2) is 0 Å². The number of nitro groups is 1. The van der Waals surface area contributed by atoms with Gasteiger partial charge in [0, 0.05) is 25.2 Å². The molecule has 0 bridgehead atoms. The monoisotopic (exact) mass is 290 g/mol. The van der Waals surface area contributed by atoms with Crippen molar-refractivity contribution in [2.75, 3.05) is 5.32 Å². The summed E-state index contributed by atoms with van der Waals surface area (Å²) in [6, 6.07) is 5.61. The van der Waals surface area contributed by atoms with Crippen LogP contribution < -0.4 is 10.9 Å². The van der Waals surface area contributed by atoms with Gasteiger partial charge in [0.05, 0.1) is 10.6 Å². The van der Waals surface area contributed by atoms with E-state index in [1.807, 2.05) is 0 Å². The SMILES string of the molecule is Cn1nc(C(=O)Nc2cc([N+](=O)[O-])ccc2O)ccc1=O. The van der Waals surface area contributed by atoms with Crippen molar-refractivity contribution in [1.82, 2.24) is 9.78 Å². The van der Waals surface area contributed by atoms with Crippen molar-refractivity contribution in [1.29, 1.82) is 0 Å². The number of carbonyl (C=O) groups excluding carboxylic acids is 1. The fraction of sp³-hybridized carbons (Fsp3) is 0.0833. The molecule has 1 aromatic heterocycles. The number of hydrogen-bond acceptors (Lipinski definition) is 6. The van der Waals surface area contributed by atoms with Gasteiger partial charge in [-0.1, -0.05) is 0 Å². The van der Waals surface area contributed by atoms with Crippen molar-refractivity contribution in [3.63, 3.8) is 0 Å². The Morgan fingerprint density at radius 3 is 2.71 bits per heavy atom. The Morgan fingerprint density at radius 1 is 1.38 bits per heavy atom. The third kappa shape index (κ3) is 3.03. The van der Waals surface area contributed by atoms with E-state index in [0.29, 0.717) is 0 Å². The van der Waals surface area contributed by atoms with Crippen LogP contribution in [-0.4, -0.2) is 25.7 Å². The smallest absolute Gasteiger partial charge is 0.276 e. The number of amides is 1. The second-order valence-corrected chi connectivity index (χ2v) is 4.09. The van der Waals surface area contributed by atoms with Crippen molar-refractivity contribution >= 4 is 17.3 Å². The number of nitrogens with zero attached hydrogens (tertiary/aromatic N) is 3. The number of aromatic nitrogens is 2. The van der Waals surface area contributed by atoms with Gasteiger partial charge >= 0.3 is 0 Å². The number of nitro benzene ring substituents is 1. The number of aryl methyl sites for hydroxylation is 1. The van der Waals surface area contributed by atoms with E-state index in [1.54, 1.807) is 0 Å². The first kappa shape index (κ1) is 14.2. The number of hydrogen-bond donors (Lipinski definition) is 2. The Bertz CT molecular complexity index is 783. The second kappa shape index (κ2) is 5.41. The molecule has 0 atom stereocenters. The minimum absolute atomic E-state index is 0.0667. The molecular weight excluding hydrogens is 280 g/mol. The number of rotatable bonds is 3. The maximum absolute atomic E-state index is 11.9. The van der Waals surface area contributed by atoms with Crippen LogP contribution >= 0.6 is 0 Å². The number of non-ortho nitro benzene ring substituents is 1. The number of benzene rings is 1. The van der Waals surface area contributed by atoms with E-state index in [2.05, 4.69) is 10.4 Å². The van der Waals surface area contributed by atoms with Crippen molar-refractivity contribution < 1.29 is 14.8 Å². The van der Waals surface area contributed by atoms with E-state index < -0.39 is 10.8 Å². The first-order valence-electron chi connectivity index (χ1n) is 5.71. The van der Waals surface area contributed by atoms with Gasteiger partial charge in [-0.2, -0.15) is 5.10 Å². The molecule has 0 unspecified atom stereocenters. The lowest BCUT2D eigenvalue weighted by molar-refractivity contribution is -0.384. The molecule has 21 heavy (non-hydrogen) atoms. The van der Waals surface area contributed by atoms with E-state index in [1.165, 1.54) is 13.1 Å². The molecule has 0 fully saturated rings. The molecule has 0 spiro atoms. The molecule has 1 amide bonds. The summed E-state index contributed by atoms with van der Waals surface area (Å²) in [7, 11) is 1.38. The minimum atomic E-state index is -0.707. The molecule has 0 aliphatic rings. The van der Waals surface area contributed by atoms with Crippen LogP contribution in [0.15, 0.2) is 35.1 Å². The highest BCUT2D eigenvalue weighted by Crippen LogP contribution is 2.27. The normalized spacial score (nSPS) is 10.1. The molecule has 2 rings (SSSR count). The summed E-state index contributed by atoms with van der Waals surface area (Å²) in [4.78, 5) is 33.1. The van der Waals surface area contributed by atoms with Gasteiger partial charge in [0.25, 0.3) is 17.2 Å². The van der Waals surface area contributed by atoms with Crippen LogP contribution in [-0.2, 0) is 7.05 Å². The first-order chi connectivity index (χ1) is 9.88. The number of nitrogens with one attached hydrogen (secondary N) is 1. The highest BCUT2D eigenvalue weighted by molar-refractivity contribution is 6.03. The average molecular weight is 290 g/mol. The predicted molar refractivity (Wildman–Crippen MR) is 72.2 cm³/mol. The van der Waals surface area contributed by atoms with Gasteiger partial charge in [0.2, 0.25) is 0 Å². The van der Waals surface area contributed by atoms with Crippen LogP contribution in [0, 0.1) is 10.1 Å². The predicted octanol–water partition coefficient (Wildman–Crippen LogP) is 0.646. The van der Waals surface area contributed by atoms with Gasteiger partial charge in [-0.15, -0.1) is 0 Å². The van der Waals surface area contributed by atoms with Crippen LogP contribution in [0.5, 0.6) is 5.75 Å². The zero-order valence-corrected chi connectivity index (χ0v) is 10.8. The lowest BCUT2D eigenvalue weighted by Gasteiger charge is -2.07. The largest absolute Gasteiger partial charge is 0.506 e. The van der Waals surface area contributed by atoms with Gasteiger partial charge in [-0.3, -0.25) is 19.7 Å². The fourth-order valence-corrected chi connectivity index (χ4v) is 1.55. The molecule has 108 valence electrons. The molecule has 9 heteroatoms. The molecule has 0 aliphatic carbocycles. The van der Waals surface area contributed by atoms with E-state index in [9.17, 15) is 24.8 Å². The van der Waals surface area contributed by atoms with Crippen LogP contribution in [0.2, 0.25) is 0 Å². The molecule has 2 N–H and O–H groups in total. The number of phenolic OH excluding ortho intramolecular Hbond substituents is 1. The number of anilines is 1. The van der Waals surface area contributed by atoms with Gasteiger partial charge in [0.1, 0.15) is 11.4 Å².